The molecule has 1 heterocycles. The van der Waals surface area contributed by atoms with E-state index in [-0.39, 0.29) is 0 Å². The Labute approximate surface area is 107 Å². The number of hydrogen-bond acceptors (Lipinski definition) is 3. The molecule has 1 aliphatic heterocycles. The minimum Gasteiger partial charge on any atom is -0.263 e. The lowest BCUT2D eigenvalue weighted by Gasteiger charge is -2.23. The standard InChI is InChI=1S/C13H19NS2/c1-2-3-10-14-16-13-9-8-11-6-4-5-7-12(11)15-13/h4-7,13-14H,2-3,8-10H2,1H3. The third-order valence-electron chi connectivity index (χ3n) is 2.73. The van der Waals surface area contributed by atoms with Gasteiger partial charge in [0, 0.05) is 11.4 Å². The normalized spacial score (nSPS) is 19.4. The van der Waals surface area contributed by atoms with Crippen molar-refractivity contribution in [3.63, 3.8) is 0 Å². The van der Waals surface area contributed by atoms with Crippen LogP contribution in [-0.4, -0.2) is 11.1 Å². The number of rotatable bonds is 5. The number of thioether (sulfide) groups is 1. The number of benzene rings is 1. The highest BCUT2D eigenvalue weighted by atomic mass is 32.2. The lowest BCUT2D eigenvalue weighted by atomic mass is 10.1. The van der Waals surface area contributed by atoms with Gasteiger partial charge in [0.25, 0.3) is 0 Å². The van der Waals surface area contributed by atoms with E-state index in [4.69, 9.17) is 0 Å². The number of unbranched alkanes of at least 4 members (excludes halogenated alkanes) is 1. The van der Waals surface area contributed by atoms with Gasteiger partial charge < -0.3 is 0 Å². The summed E-state index contributed by atoms with van der Waals surface area (Å²) < 4.78 is 4.17. The van der Waals surface area contributed by atoms with Crippen LogP contribution in [0, 0.1) is 0 Å². The molecule has 0 aliphatic carbocycles. The second-order valence-electron chi connectivity index (χ2n) is 4.06. The van der Waals surface area contributed by atoms with Crippen LogP contribution in [0.1, 0.15) is 31.7 Å². The smallest absolute Gasteiger partial charge is 0.0697 e. The van der Waals surface area contributed by atoms with Gasteiger partial charge in [-0.05, 0) is 30.9 Å². The summed E-state index contributed by atoms with van der Waals surface area (Å²) in [6.07, 6.45) is 5.07. The Morgan fingerprint density at radius 3 is 3.19 bits per heavy atom. The molecule has 2 rings (SSSR count). The minimum absolute atomic E-state index is 0.687. The molecule has 0 saturated carbocycles. The fourth-order valence-electron chi connectivity index (χ4n) is 1.78. The van der Waals surface area contributed by atoms with Crippen LogP contribution in [0.4, 0.5) is 0 Å². The fraction of sp³-hybridized carbons (Fsp3) is 0.538. The van der Waals surface area contributed by atoms with Crippen molar-refractivity contribution in [1.82, 2.24) is 4.72 Å². The second kappa shape index (κ2) is 6.58. The van der Waals surface area contributed by atoms with Crippen LogP contribution in [0.5, 0.6) is 0 Å². The molecule has 0 spiro atoms. The molecule has 1 aromatic rings. The van der Waals surface area contributed by atoms with Crippen LogP contribution < -0.4 is 4.72 Å². The number of aryl methyl sites for hydroxylation is 1. The topological polar surface area (TPSA) is 12.0 Å². The molecule has 0 radical (unpaired) electrons. The van der Waals surface area contributed by atoms with E-state index in [0.717, 1.165) is 6.54 Å². The van der Waals surface area contributed by atoms with Gasteiger partial charge in [0.15, 0.2) is 0 Å². The predicted molar refractivity (Wildman–Crippen MR) is 74.9 cm³/mol. The summed E-state index contributed by atoms with van der Waals surface area (Å²) in [5.74, 6) is 0. The third-order valence-corrected chi connectivity index (χ3v) is 5.33. The zero-order valence-electron chi connectivity index (χ0n) is 9.74. The Bertz CT molecular complexity index is 327. The van der Waals surface area contributed by atoms with Crippen LogP contribution in [0.2, 0.25) is 0 Å². The average Bonchev–Trinajstić information content (AvgIpc) is 2.34. The molecule has 1 unspecified atom stereocenters. The van der Waals surface area contributed by atoms with Gasteiger partial charge in [-0.3, -0.25) is 4.72 Å². The largest absolute Gasteiger partial charge is 0.263 e. The predicted octanol–water partition coefficient (Wildman–Crippen LogP) is 4.09. The maximum Gasteiger partial charge on any atom is 0.0697 e. The molecule has 0 saturated heterocycles. The molecular formula is C13H19NS2. The van der Waals surface area contributed by atoms with E-state index in [1.165, 1.54) is 36.1 Å². The maximum absolute atomic E-state index is 3.48. The summed E-state index contributed by atoms with van der Waals surface area (Å²) in [6.45, 7) is 3.37. The van der Waals surface area contributed by atoms with Gasteiger partial charge in [-0.25, -0.2) is 0 Å². The molecular weight excluding hydrogens is 234 g/mol. The molecule has 0 fully saturated rings. The van der Waals surface area contributed by atoms with Gasteiger partial charge in [0.05, 0.1) is 4.58 Å². The number of fused-ring (bicyclic) bond motifs is 1. The van der Waals surface area contributed by atoms with Crippen molar-refractivity contribution in [3.05, 3.63) is 29.8 Å². The van der Waals surface area contributed by atoms with Gasteiger partial charge >= 0.3 is 0 Å². The monoisotopic (exact) mass is 253 g/mol. The Morgan fingerprint density at radius 1 is 1.44 bits per heavy atom. The van der Waals surface area contributed by atoms with Crippen LogP contribution in [0.3, 0.4) is 0 Å². The molecule has 3 heteroatoms. The molecule has 1 aromatic carbocycles. The van der Waals surface area contributed by atoms with Crippen LogP contribution >= 0.6 is 23.7 Å². The van der Waals surface area contributed by atoms with Crippen molar-refractivity contribution in [3.8, 4) is 0 Å². The SMILES string of the molecule is CCCCNSC1CCc2ccccc2S1. The molecule has 0 amide bonds. The van der Waals surface area contributed by atoms with Crippen molar-refractivity contribution in [2.75, 3.05) is 6.54 Å². The van der Waals surface area contributed by atoms with Gasteiger partial charge in [-0.1, -0.05) is 43.5 Å². The first-order valence-electron chi connectivity index (χ1n) is 6.03. The van der Waals surface area contributed by atoms with Crippen molar-refractivity contribution in [2.24, 2.45) is 0 Å². The molecule has 1 nitrogen and oxygen atoms in total. The lowest BCUT2D eigenvalue weighted by Crippen LogP contribution is -2.14. The summed E-state index contributed by atoms with van der Waals surface area (Å²) in [5.41, 5.74) is 1.53. The summed E-state index contributed by atoms with van der Waals surface area (Å²) in [4.78, 5) is 1.48. The maximum atomic E-state index is 3.48. The Morgan fingerprint density at radius 2 is 2.31 bits per heavy atom. The van der Waals surface area contributed by atoms with E-state index in [2.05, 4.69) is 35.9 Å². The fourth-order valence-corrected chi connectivity index (χ4v) is 4.17. The average molecular weight is 253 g/mol. The second-order valence-corrected chi connectivity index (χ2v) is 6.70. The van der Waals surface area contributed by atoms with E-state index < -0.39 is 0 Å². The first-order valence-corrected chi connectivity index (χ1v) is 7.79. The Hall–Kier alpha value is -0.120. The molecule has 88 valence electrons. The van der Waals surface area contributed by atoms with Crippen molar-refractivity contribution < 1.29 is 0 Å². The van der Waals surface area contributed by atoms with E-state index in [1.807, 2.05) is 23.7 Å². The summed E-state index contributed by atoms with van der Waals surface area (Å²) in [6, 6.07) is 8.79. The zero-order valence-corrected chi connectivity index (χ0v) is 11.4. The van der Waals surface area contributed by atoms with Crippen molar-refractivity contribution in [2.45, 2.75) is 42.1 Å². The van der Waals surface area contributed by atoms with Crippen LogP contribution in [-0.2, 0) is 6.42 Å². The third kappa shape index (κ3) is 3.44. The highest BCUT2D eigenvalue weighted by molar-refractivity contribution is 8.16. The Balaban J connectivity index is 1.79. The number of nitrogens with one attached hydrogen (secondary N) is 1. The lowest BCUT2D eigenvalue weighted by molar-refractivity contribution is 0.772. The van der Waals surface area contributed by atoms with E-state index >= 15 is 0 Å². The summed E-state index contributed by atoms with van der Waals surface area (Å²) in [5, 5.41) is 0. The van der Waals surface area contributed by atoms with Crippen LogP contribution in [0.25, 0.3) is 0 Å². The van der Waals surface area contributed by atoms with E-state index in [0.29, 0.717) is 4.58 Å². The molecule has 1 atom stereocenters. The van der Waals surface area contributed by atoms with Gasteiger partial charge in [-0.2, -0.15) is 0 Å². The molecule has 16 heavy (non-hydrogen) atoms. The highest BCUT2D eigenvalue weighted by Gasteiger charge is 2.18. The van der Waals surface area contributed by atoms with E-state index in [1.54, 1.807) is 0 Å². The molecule has 0 bridgehead atoms. The molecule has 0 aromatic heterocycles. The van der Waals surface area contributed by atoms with Gasteiger partial charge in [0.2, 0.25) is 0 Å². The van der Waals surface area contributed by atoms with Gasteiger partial charge in [-0.15, -0.1) is 11.8 Å². The summed E-state index contributed by atoms with van der Waals surface area (Å²) in [7, 11) is 0. The first-order chi connectivity index (χ1) is 7.90. The van der Waals surface area contributed by atoms with Crippen LogP contribution in [0.15, 0.2) is 29.2 Å². The first kappa shape index (κ1) is 12.3. The van der Waals surface area contributed by atoms with Gasteiger partial charge in [0.1, 0.15) is 0 Å². The van der Waals surface area contributed by atoms with Crippen molar-refractivity contribution in [1.29, 1.82) is 0 Å². The minimum atomic E-state index is 0.687. The van der Waals surface area contributed by atoms with E-state index in [9.17, 15) is 0 Å². The highest BCUT2D eigenvalue weighted by Crippen LogP contribution is 2.39. The molecule has 1 N–H and O–H groups in total. The molecule has 1 aliphatic rings. The quantitative estimate of drug-likeness (QED) is 0.627. The summed E-state index contributed by atoms with van der Waals surface area (Å²) >= 11 is 3.93. The Kier molecular flexibility index (Phi) is 5.07. The number of hydrogen-bond donors (Lipinski definition) is 1. The van der Waals surface area contributed by atoms with Crippen molar-refractivity contribution >= 4 is 23.7 Å². The zero-order chi connectivity index (χ0) is 11.2.